The lowest BCUT2D eigenvalue weighted by atomic mass is 9.90. The molecule has 0 spiro atoms. The van der Waals surface area contributed by atoms with Crippen LogP contribution >= 0.6 is 0 Å². The third kappa shape index (κ3) is 4.45. The summed E-state index contributed by atoms with van der Waals surface area (Å²) in [6.45, 7) is 8.28. The van der Waals surface area contributed by atoms with Gasteiger partial charge in [0.15, 0.2) is 0 Å². The fraction of sp³-hybridized carbons (Fsp3) is 1.00. The van der Waals surface area contributed by atoms with Crippen LogP contribution in [0.4, 0.5) is 0 Å². The second kappa shape index (κ2) is 5.16. The van der Waals surface area contributed by atoms with Gasteiger partial charge in [-0.1, -0.05) is 40.0 Å². The maximum atomic E-state index is 2.59. The molecule has 1 nitrogen and oxygen atoms in total. The SMILES string of the molecule is CN(CCC(C)(C)C)C1CCCCC1. The molecule has 0 heterocycles. The van der Waals surface area contributed by atoms with Crippen LogP contribution in [0.1, 0.15) is 59.3 Å². The zero-order valence-electron chi connectivity index (χ0n) is 10.5. The Labute approximate surface area is 89.9 Å². The Balaban J connectivity index is 2.23. The van der Waals surface area contributed by atoms with Crippen LogP contribution in [0.2, 0.25) is 0 Å². The molecule has 0 radical (unpaired) electrons. The molecular formula is C13H27N. The molecule has 1 rings (SSSR count). The van der Waals surface area contributed by atoms with Crippen molar-refractivity contribution in [2.45, 2.75) is 65.3 Å². The van der Waals surface area contributed by atoms with Crippen molar-refractivity contribution in [1.29, 1.82) is 0 Å². The number of rotatable bonds is 3. The van der Waals surface area contributed by atoms with E-state index < -0.39 is 0 Å². The second-order valence-electron chi connectivity index (χ2n) is 6.08. The molecule has 0 aromatic rings. The molecule has 84 valence electrons. The first-order valence-electron chi connectivity index (χ1n) is 6.19. The molecule has 14 heavy (non-hydrogen) atoms. The van der Waals surface area contributed by atoms with E-state index >= 15 is 0 Å². The average molecular weight is 197 g/mol. The molecule has 0 amide bonds. The quantitative estimate of drug-likeness (QED) is 0.667. The van der Waals surface area contributed by atoms with E-state index in [9.17, 15) is 0 Å². The van der Waals surface area contributed by atoms with Gasteiger partial charge in [0.1, 0.15) is 0 Å². The Bertz CT molecular complexity index is 151. The van der Waals surface area contributed by atoms with Crippen molar-refractivity contribution in [3.63, 3.8) is 0 Å². The summed E-state index contributed by atoms with van der Waals surface area (Å²) < 4.78 is 0. The minimum Gasteiger partial charge on any atom is -0.303 e. The highest BCUT2D eigenvalue weighted by atomic mass is 15.1. The monoisotopic (exact) mass is 197 g/mol. The van der Waals surface area contributed by atoms with Crippen LogP contribution in [0.3, 0.4) is 0 Å². The number of hydrogen-bond acceptors (Lipinski definition) is 1. The lowest BCUT2D eigenvalue weighted by molar-refractivity contribution is 0.169. The molecule has 0 aromatic heterocycles. The largest absolute Gasteiger partial charge is 0.303 e. The summed E-state index contributed by atoms with van der Waals surface area (Å²) >= 11 is 0. The first kappa shape index (κ1) is 12.0. The molecule has 1 aliphatic carbocycles. The fourth-order valence-corrected chi connectivity index (χ4v) is 2.22. The van der Waals surface area contributed by atoms with Crippen molar-refractivity contribution in [3.05, 3.63) is 0 Å². The Morgan fingerprint density at radius 2 is 1.64 bits per heavy atom. The summed E-state index contributed by atoms with van der Waals surface area (Å²) in [5.41, 5.74) is 0.489. The molecule has 0 aromatic carbocycles. The normalized spacial score (nSPS) is 20.4. The van der Waals surface area contributed by atoms with Gasteiger partial charge in [-0.3, -0.25) is 0 Å². The molecule has 0 N–H and O–H groups in total. The third-order valence-corrected chi connectivity index (χ3v) is 3.41. The molecule has 0 bridgehead atoms. The van der Waals surface area contributed by atoms with Crippen molar-refractivity contribution in [1.82, 2.24) is 4.90 Å². The third-order valence-electron chi connectivity index (χ3n) is 3.41. The van der Waals surface area contributed by atoms with Crippen LogP contribution in [0.25, 0.3) is 0 Å². The first-order chi connectivity index (χ1) is 6.49. The van der Waals surface area contributed by atoms with Crippen molar-refractivity contribution in [3.8, 4) is 0 Å². The lowest BCUT2D eigenvalue weighted by Crippen LogP contribution is -2.35. The Morgan fingerprint density at radius 1 is 1.07 bits per heavy atom. The van der Waals surface area contributed by atoms with E-state index in [2.05, 4.69) is 32.7 Å². The van der Waals surface area contributed by atoms with Crippen molar-refractivity contribution < 1.29 is 0 Å². The minimum atomic E-state index is 0.489. The van der Waals surface area contributed by atoms with E-state index in [0.717, 1.165) is 6.04 Å². The first-order valence-corrected chi connectivity index (χ1v) is 6.19. The highest BCUT2D eigenvalue weighted by molar-refractivity contribution is 4.74. The van der Waals surface area contributed by atoms with Crippen LogP contribution in [0.5, 0.6) is 0 Å². The summed E-state index contributed by atoms with van der Waals surface area (Å²) in [5, 5.41) is 0. The summed E-state index contributed by atoms with van der Waals surface area (Å²) in [7, 11) is 2.31. The zero-order chi connectivity index (χ0) is 10.6. The summed E-state index contributed by atoms with van der Waals surface area (Å²) in [6.07, 6.45) is 8.54. The van der Waals surface area contributed by atoms with E-state index in [-0.39, 0.29) is 0 Å². The van der Waals surface area contributed by atoms with Gasteiger partial charge in [-0.05, 0) is 38.3 Å². The Morgan fingerprint density at radius 3 is 2.14 bits per heavy atom. The zero-order valence-corrected chi connectivity index (χ0v) is 10.5. The van der Waals surface area contributed by atoms with Crippen molar-refractivity contribution >= 4 is 0 Å². The van der Waals surface area contributed by atoms with Crippen molar-refractivity contribution in [2.24, 2.45) is 5.41 Å². The van der Waals surface area contributed by atoms with Crippen LogP contribution in [0, 0.1) is 5.41 Å². The molecule has 0 atom stereocenters. The van der Waals surface area contributed by atoms with Crippen molar-refractivity contribution in [2.75, 3.05) is 13.6 Å². The van der Waals surface area contributed by atoms with Crippen LogP contribution in [0.15, 0.2) is 0 Å². The maximum absolute atomic E-state index is 2.59. The molecule has 0 saturated heterocycles. The highest BCUT2D eigenvalue weighted by Crippen LogP contribution is 2.24. The maximum Gasteiger partial charge on any atom is 0.00922 e. The van der Waals surface area contributed by atoms with Gasteiger partial charge in [0.2, 0.25) is 0 Å². The molecule has 0 aliphatic heterocycles. The summed E-state index contributed by atoms with van der Waals surface area (Å²) in [4.78, 5) is 2.59. The Kier molecular flexibility index (Phi) is 4.43. The summed E-state index contributed by atoms with van der Waals surface area (Å²) in [5.74, 6) is 0. The van der Waals surface area contributed by atoms with Crippen LogP contribution in [-0.4, -0.2) is 24.5 Å². The van der Waals surface area contributed by atoms with Crippen LogP contribution in [-0.2, 0) is 0 Å². The molecular weight excluding hydrogens is 170 g/mol. The second-order valence-corrected chi connectivity index (χ2v) is 6.08. The predicted molar refractivity (Wildman–Crippen MR) is 63.6 cm³/mol. The molecule has 1 heteroatoms. The van der Waals surface area contributed by atoms with Gasteiger partial charge in [0.25, 0.3) is 0 Å². The topological polar surface area (TPSA) is 3.24 Å². The lowest BCUT2D eigenvalue weighted by Gasteiger charge is -2.33. The van der Waals surface area contributed by atoms with Gasteiger partial charge in [-0.15, -0.1) is 0 Å². The molecule has 1 saturated carbocycles. The van der Waals surface area contributed by atoms with Gasteiger partial charge < -0.3 is 4.90 Å². The van der Waals surface area contributed by atoms with E-state index in [1.807, 2.05) is 0 Å². The molecule has 0 unspecified atom stereocenters. The van der Waals surface area contributed by atoms with Gasteiger partial charge in [0.05, 0.1) is 0 Å². The summed E-state index contributed by atoms with van der Waals surface area (Å²) in [6, 6.07) is 0.881. The van der Waals surface area contributed by atoms with Crippen LogP contribution < -0.4 is 0 Å². The smallest absolute Gasteiger partial charge is 0.00922 e. The molecule has 1 aliphatic rings. The van der Waals surface area contributed by atoms with Gasteiger partial charge in [-0.25, -0.2) is 0 Å². The van der Waals surface area contributed by atoms with Gasteiger partial charge >= 0.3 is 0 Å². The highest BCUT2D eigenvalue weighted by Gasteiger charge is 2.19. The number of hydrogen-bond donors (Lipinski definition) is 0. The Hall–Kier alpha value is -0.0400. The predicted octanol–water partition coefficient (Wildman–Crippen LogP) is 3.69. The average Bonchev–Trinajstić information content (AvgIpc) is 2.14. The van der Waals surface area contributed by atoms with E-state index in [1.54, 1.807) is 0 Å². The number of nitrogens with zero attached hydrogens (tertiary/aromatic N) is 1. The van der Waals surface area contributed by atoms with Gasteiger partial charge in [0, 0.05) is 6.04 Å². The minimum absolute atomic E-state index is 0.489. The van der Waals surface area contributed by atoms with E-state index in [0.29, 0.717) is 5.41 Å². The standard InChI is InChI=1S/C13H27N/c1-13(2,3)10-11-14(4)12-8-6-5-7-9-12/h12H,5-11H2,1-4H3. The molecule has 1 fully saturated rings. The van der Waals surface area contributed by atoms with Gasteiger partial charge in [-0.2, -0.15) is 0 Å². The fourth-order valence-electron chi connectivity index (χ4n) is 2.22. The van der Waals surface area contributed by atoms with E-state index in [4.69, 9.17) is 0 Å². The van der Waals surface area contributed by atoms with E-state index in [1.165, 1.54) is 45.1 Å².